The molecular weight excluding hydrogens is 286 g/mol. The van der Waals surface area contributed by atoms with Crippen molar-refractivity contribution in [2.75, 3.05) is 19.6 Å². The van der Waals surface area contributed by atoms with Crippen molar-refractivity contribution >= 4 is 5.91 Å². The molecule has 0 aromatic heterocycles. The Labute approximate surface area is 140 Å². The summed E-state index contributed by atoms with van der Waals surface area (Å²) in [5.41, 5.74) is 7.41. The minimum atomic E-state index is -0.375. The minimum absolute atomic E-state index is 0.123. The maximum absolute atomic E-state index is 12.6. The Balaban J connectivity index is 1.97. The number of hydrogen-bond donors (Lipinski definition) is 1. The number of hydrogen-bond acceptors (Lipinski definition) is 3. The van der Waals surface area contributed by atoms with Crippen LogP contribution in [0, 0.1) is 5.92 Å². The Hall–Kier alpha value is -1.39. The quantitative estimate of drug-likeness (QED) is 0.840. The first-order valence-electron chi connectivity index (χ1n) is 8.85. The van der Waals surface area contributed by atoms with Gasteiger partial charge in [0.25, 0.3) is 0 Å². The van der Waals surface area contributed by atoms with Gasteiger partial charge in [0.05, 0.1) is 6.04 Å². The van der Waals surface area contributed by atoms with Crippen LogP contribution in [0.3, 0.4) is 0 Å². The fourth-order valence-electron chi connectivity index (χ4n) is 3.24. The summed E-state index contributed by atoms with van der Waals surface area (Å²) in [6.07, 6.45) is 2.17. The SMILES string of the molecule is CCN(Cc1ccccc1)C[C@@H]1CCCN1C(=O)[C@@H](N)C(C)C. The van der Waals surface area contributed by atoms with Gasteiger partial charge in [0.2, 0.25) is 5.91 Å². The molecule has 0 spiro atoms. The predicted octanol–water partition coefficient (Wildman–Crippen LogP) is 2.48. The van der Waals surface area contributed by atoms with E-state index in [4.69, 9.17) is 5.73 Å². The highest BCUT2D eigenvalue weighted by atomic mass is 16.2. The second kappa shape index (κ2) is 8.46. The summed E-state index contributed by atoms with van der Waals surface area (Å²) in [4.78, 5) is 17.1. The molecule has 1 aromatic carbocycles. The molecule has 0 bridgehead atoms. The normalized spacial score (nSPS) is 19.6. The first-order valence-corrected chi connectivity index (χ1v) is 8.85. The first-order chi connectivity index (χ1) is 11.0. The van der Waals surface area contributed by atoms with E-state index in [2.05, 4.69) is 36.1 Å². The molecule has 0 unspecified atom stereocenters. The zero-order valence-corrected chi connectivity index (χ0v) is 14.7. The summed E-state index contributed by atoms with van der Waals surface area (Å²) in [5, 5.41) is 0. The Morgan fingerprint density at radius 2 is 2.04 bits per heavy atom. The molecule has 1 aromatic rings. The van der Waals surface area contributed by atoms with Crippen LogP contribution >= 0.6 is 0 Å². The van der Waals surface area contributed by atoms with Crippen molar-refractivity contribution < 1.29 is 4.79 Å². The molecule has 1 heterocycles. The maximum Gasteiger partial charge on any atom is 0.240 e. The van der Waals surface area contributed by atoms with Gasteiger partial charge in [0, 0.05) is 25.7 Å². The van der Waals surface area contributed by atoms with Crippen LogP contribution < -0.4 is 5.73 Å². The second-order valence-corrected chi connectivity index (χ2v) is 6.91. The van der Waals surface area contributed by atoms with Crippen LogP contribution in [0.15, 0.2) is 30.3 Å². The largest absolute Gasteiger partial charge is 0.337 e. The lowest BCUT2D eigenvalue weighted by atomic mass is 10.0. The number of carbonyl (C=O) groups is 1. The van der Waals surface area contributed by atoms with Crippen LogP contribution in [0.1, 0.15) is 39.2 Å². The van der Waals surface area contributed by atoms with Gasteiger partial charge in [-0.2, -0.15) is 0 Å². The Bertz CT molecular complexity index is 489. The highest BCUT2D eigenvalue weighted by Crippen LogP contribution is 2.21. The van der Waals surface area contributed by atoms with Crippen molar-refractivity contribution in [3.63, 3.8) is 0 Å². The van der Waals surface area contributed by atoms with Crippen molar-refractivity contribution in [1.82, 2.24) is 9.80 Å². The lowest BCUT2D eigenvalue weighted by Crippen LogP contribution is -2.51. The molecule has 1 fully saturated rings. The van der Waals surface area contributed by atoms with Gasteiger partial charge in [-0.05, 0) is 30.9 Å². The molecule has 4 nitrogen and oxygen atoms in total. The molecular formula is C19H31N3O. The number of nitrogens with zero attached hydrogens (tertiary/aromatic N) is 2. The third-order valence-electron chi connectivity index (χ3n) is 4.83. The van der Waals surface area contributed by atoms with E-state index in [1.807, 2.05) is 24.8 Å². The molecule has 1 amide bonds. The smallest absolute Gasteiger partial charge is 0.240 e. The molecule has 2 rings (SSSR count). The molecule has 0 aliphatic carbocycles. The average Bonchev–Trinajstić information content (AvgIpc) is 3.01. The van der Waals surface area contributed by atoms with Gasteiger partial charge >= 0.3 is 0 Å². The van der Waals surface area contributed by atoms with Crippen LogP contribution in [0.4, 0.5) is 0 Å². The highest BCUT2D eigenvalue weighted by molar-refractivity contribution is 5.82. The number of benzene rings is 1. The first kappa shape index (κ1) is 18.0. The van der Waals surface area contributed by atoms with Gasteiger partial charge < -0.3 is 10.6 Å². The van der Waals surface area contributed by atoms with Gasteiger partial charge in [-0.15, -0.1) is 0 Å². The summed E-state index contributed by atoms with van der Waals surface area (Å²) in [7, 11) is 0. The molecule has 23 heavy (non-hydrogen) atoms. The number of likely N-dealkylation sites (N-methyl/N-ethyl adjacent to an activating group) is 1. The van der Waals surface area contributed by atoms with E-state index in [0.29, 0.717) is 6.04 Å². The molecule has 1 aliphatic heterocycles. The number of nitrogens with two attached hydrogens (primary N) is 1. The lowest BCUT2D eigenvalue weighted by Gasteiger charge is -2.32. The highest BCUT2D eigenvalue weighted by Gasteiger charge is 2.33. The molecule has 128 valence electrons. The Morgan fingerprint density at radius 1 is 1.35 bits per heavy atom. The summed E-state index contributed by atoms with van der Waals surface area (Å²) >= 11 is 0. The van der Waals surface area contributed by atoms with Crippen LogP contribution in [-0.2, 0) is 11.3 Å². The molecule has 1 saturated heterocycles. The average molecular weight is 317 g/mol. The summed E-state index contributed by atoms with van der Waals surface area (Å²) < 4.78 is 0. The van der Waals surface area contributed by atoms with E-state index in [9.17, 15) is 4.79 Å². The molecule has 1 aliphatic rings. The summed E-state index contributed by atoms with van der Waals surface area (Å²) in [6, 6.07) is 10.5. The second-order valence-electron chi connectivity index (χ2n) is 6.91. The van der Waals surface area contributed by atoms with E-state index in [0.717, 1.165) is 39.0 Å². The van der Waals surface area contributed by atoms with Gasteiger partial charge in [0.15, 0.2) is 0 Å². The van der Waals surface area contributed by atoms with Crippen molar-refractivity contribution in [3.8, 4) is 0 Å². The van der Waals surface area contributed by atoms with Gasteiger partial charge in [-0.25, -0.2) is 0 Å². The van der Waals surface area contributed by atoms with E-state index in [1.165, 1.54) is 5.56 Å². The van der Waals surface area contributed by atoms with Crippen molar-refractivity contribution in [2.24, 2.45) is 11.7 Å². The number of amides is 1. The van der Waals surface area contributed by atoms with Crippen molar-refractivity contribution in [1.29, 1.82) is 0 Å². The van der Waals surface area contributed by atoms with Crippen molar-refractivity contribution in [2.45, 2.75) is 52.2 Å². The van der Waals surface area contributed by atoms with E-state index in [-0.39, 0.29) is 17.9 Å². The number of carbonyl (C=O) groups excluding carboxylic acids is 1. The summed E-state index contributed by atoms with van der Waals surface area (Å²) in [6.45, 7) is 9.93. The maximum atomic E-state index is 12.6. The molecule has 4 heteroatoms. The standard InChI is InChI=1S/C19H31N3O/c1-4-21(13-16-9-6-5-7-10-16)14-17-11-8-12-22(17)19(23)18(20)15(2)3/h5-7,9-10,15,17-18H,4,8,11-14,20H2,1-3H3/t17-,18-/m0/s1. The molecule has 0 saturated carbocycles. The number of rotatable bonds is 7. The van der Waals surface area contributed by atoms with Crippen LogP contribution in [0.2, 0.25) is 0 Å². The van der Waals surface area contributed by atoms with Gasteiger partial charge in [0.1, 0.15) is 0 Å². The number of likely N-dealkylation sites (tertiary alicyclic amines) is 1. The fourth-order valence-corrected chi connectivity index (χ4v) is 3.24. The lowest BCUT2D eigenvalue weighted by molar-refractivity contribution is -0.134. The third kappa shape index (κ3) is 4.79. The molecule has 2 atom stereocenters. The van der Waals surface area contributed by atoms with Crippen LogP contribution in [0.25, 0.3) is 0 Å². The van der Waals surface area contributed by atoms with E-state index in [1.54, 1.807) is 0 Å². The Kier molecular flexibility index (Phi) is 6.60. The van der Waals surface area contributed by atoms with Crippen LogP contribution in [-0.4, -0.2) is 47.4 Å². The summed E-state index contributed by atoms with van der Waals surface area (Å²) in [5.74, 6) is 0.314. The van der Waals surface area contributed by atoms with Crippen LogP contribution in [0.5, 0.6) is 0 Å². The topological polar surface area (TPSA) is 49.6 Å². The zero-order valence-electron chi connectivity index (χ0n) is 14.7. The molecule has 2 N–H and O–H groups in total. The van der Waals surface area contributed by atoms with Gasteiger partial charge in [-0.1, -0.05) is 51.1 Å². The fraction of sp³-hybridized carbons (Fsp3) is 0.632. The minimum Gasteiger partial charge on any atom is -0.337 e. The monoisotopic (exact) mass is 317 g/mol. The predicted molar refractivity (Wildman–Crippen MR) is 94.9 cm³/mol. The third-order valence-corrected chi connectivity index (χ3v) is 4.83. The van der Waals surface area contributed by atoms with Crippen molar-refractivity contribution in [3.05, 3.63) is 35.9 Å². The molecule has 0 radical (unpaired) electrons. The Morgan fingerprint density at radius 3 is 2.65 bits per heavy atom. The zero-order chi connectivity index (χ0) is 16.8. The van der Waals surface area contributed by atoms with E-state index < -0.39 is 0 Å². The van der Waals surface area contributed by atoms with E-state index >= 15 is 0 Å². The van der Waals surface area contributed by atoms with Gasteiger partial charge in [-0.3, -0.25) is 9.69 Å².